The molecule has 2 aromatic heterocycles. The van der Waals surface area contributed by atoms with Gasteiger partial charge in [-0.05, 0) is 49.7 Å². The van der Waals surface area contributed by atoms with Gasteiger partial charge in [-0.2, -0.15) is 0 Å². The predicted molar refractivity (Wildman–Crippen MR) is 91.2 cm³/mol. The minimum atomic E-state index is -0.227. The minimum absolute atomic E-state index is 0. The van der Waals surface area contributed by atoms with Crippen molar-refractivity contribution < 1.29 is 4.39 Å². The fourth-order valence-electron chi connectivity index (χ4n) is 2.67. The first-order chi connectivity index (χ1) is 10.1. The van der Waals surface area contributed by atoms with Crippen molar-refractivity contribution in [2.75, 3.05) is 5.32 Å². The van der Waals surface area contributed by atoms with Crippen molar-refractivity contribution >= 4 is 29.0 Å². The number of nitrogens with one attached hydrogen (secondary N) is 1. The van der Waals surface area contributed by atoms with Gasteiger partial charge in [0.2, 0.25) is 0 Å². The summed E-state index contributed by atoms with van der Waals surface area (Å²) in [5, 5.41) is 4.53. The molecule has 3 rings (SSSR count). The highest BCUT2D eigenvalue weighted by Crippen LogP contribution is 2.26. The van der Waals surface area contributed by atoms with Crippen LogP contribution in [-0.4, -0.2) is 9.55 Å². The van der Waals surface area contributed by atoms with E-state index in [1.54, 1.807) is 12.1 Å². The van der Waals surface area contributed by atoms with Crippen LogP contribution in [0.3, 0.4) is 0 Å². The molecular formula is C17H19ClFN3. The number of fused-ring (bicyclic) bond motifs is 1. The van der Waals surface area contributed by atoms with Gasteiger partial charge >= 0.3 is 0 Å². The molecule has 2 heterocycles. The molecule has 0 aliphatic rings. The van der Waals surface area contributed by atoms with E-state index in [1.165, 1.54) is 28.8 Å². The Kier molecular flexibility index (Phi) is 4.71. The Balaban J connectivity index is 0.00000176. The standard InChI is InChI=1S/C17H18FN3.ClH/c1-11-12(2)21(3)17-15(11)8-9-19-16(17)10-20-14-6-4-13(18)5-7-14;/h4-9,20H,10H2,1-3H3;1H. The molecular weight excluding hydrogens is 301 g/mol. The molecule has 0 saturated heterocycles. The normalized spacial score (nSPS) is 10.5. The highest BCUT2D eigenvalue weighted by atomic mass is 35.5. The van der Waals surface area contributed by atoms with Crippen LogP contribution in [0.1, 0.15) is 17.0 Å². The third-order valence-electron chi connectivity index (χ3n) is 4.09. The minimum Gasteiger partial charge on any atom is -0.379 e. The molecule has 22 heavy (non-hydrogen) atoms. The zero-order valence-electron chi connectivity index (χ0n) is 12.9. The zero-order chi connectivity index (χ0) is 15.0. The molecule has 0 unspecified atom stereocenters. The second kappa shape index (κ2) is 6.36. The van der Waals surface area contributed by atoms with E-state index in [9.17, 15) is 4.39 Å². The predicted octanol–water partition coefficient (Wildman–Crippen LogP) is 4.36. The largest absolute Gasteiger partial charge is 0.379 e. The number of rotatable bonds is 3. The Morgan fingerprint density at radius 3 is 2.50 bits per heavy atom. The van der Waals surface area contributed by atoms with Crippen LogP contribution in [0.4, 0.5) is 10.1 Å². The third kappa shape index (κ3) is 2.79. The average Bonchev–Trinajstić information content (AvgIpc) is 2.72. The molecule has 0 atom stereocenters. The average molecular weight is 320 g/mol. The Morgan fingerprint density at radius 1 is 1.14 bits per heavy atom. The van der Waals surface area contributed by atoms with Crippen LogP contribution in [0.15, 0.2) is 36.5 Å². The van der Waals surface area contributed by atoms with E-state index in [-0.39, 0.29) is 18.2 Å². The molecule has 0 saturated carbocycles. The summed E-state index contributed by atoms with van der Waals surface area (Å²) in [5.41, 5.74) is 5.58. The maximum absolute atomic E-state index is 12.9. The molecule has 116 valence electrons. The lowest BCUT2D eigenvalue weighted by Gasteiger charge is -2.09. The SMILES string of the molecule is Cc1c(C)n(C)c2c(CNc3ccc(F)cc3)nccc12.Cl. The third-order valence-corrected chi connectivity index (χ3v) is 4.09. The molecule has 0 spiro atoms. The molecule has 0 aliphatic carbocycles. The number of halogens is 2. The number of aromatic nitrogens is 2. The van der Waals surface area contributed by atoms with Crippen LogP contribution >= 0.6 is 12.4 Å². The van der Waals surface area contributed by atoms with E-state index >= 15 is 0 Å². The number of benzene rings is 1. The summed E-state index contributed by atoms with van der Waals surface area (Å²) in [4.78, 5) is 4.50. The molecule has 0 radical (unpaired) electrons. The van der Waals surface area contributed by atoms with E-state index in [1.807, 2.05) is 6.20 Å². The number of anilines is 1. The Labute approximate surface area is 135 Å². The number of hydrogen-bond donors (Lipinski definition) is 1. The monoisotopic (exact) mass is 319 g/mol. The van der Waals surface area contributed by atoms with Crippen molar-refractivity contribution in [3.8, 4) is 0 Å². The van der Waals surface area contributed by atoms with Gasteiger partial charge in [0.05, 0.1) is 17.8 Å². The van der Waals surface area contributed by atoms with Crippen LogP contribution in [0.2, 0.25) is 0 Å². The van der Waals surface area contributed by atoms with Crippen molar-refractivity contribution in [3.63, 3.8) is 0 Å². The van der Waals surface area contributed by atoms with Crippen LogP contribution in [-0.2, 0) is 13.6 Å². The van der Waals surface area contributed by atoms with Crippen molar-refractivity contribution in [2.45, 2.75) is 20.4 Å². The van der Waals surface area contributed by atoms with Gasteiger partial charge < -0.3 is 9.88 Å². The van der Waals surface area contributed by atoms with E-state index in [2.05, 4.69) is 41.8 Å². The first-order valence-corrected chi connectivity index (χ1v) is 6.97. The molecule has 0 fully saturated rings. The number of hydrogen-bond acceptors (Lipinski definition) is 2. The summed E-state index contributed by atoms with van der Waals surface area (Å²) in [7, 11) is 2.06. The van der Waals surface area contributed by atoms with E-state index < -0.39 is 0 Å². The summed E-state index contributed by atoms with van der Waals surface area (Å²) < 4.78 is 15.1. The highest BCUT2D eigenvalue weighted by Gasteiger charge is 2.12. The van der Waals surface area contributed by atoms with Crippen LogP contribution < -0.4 is 5.32 Å². The van der Waals surface area contributed by atoms with Gasteiger partial charge in [-0.1, -0.05) is 0 Å². The summed E-state index contributed by atoms with van der Waals surface area (Å²) in [6.45, 7) is 4.86. The topological polar surface area (TPSA) is 29.9 Å². The van der Waals surface area contributed by atoms with Gasteiger partial charge in [0.15, 0.2) is 0 Å². The lowest BCUT2D eigenvalue weighted by Crippen LogP contribution is -2.04. The first-order valence-electron chi connectivity index (χ1n) is 6.97. The van der Waals surface area contributed by atoms with Gasteiger partial charge in [0, 0.05) is 30.0 Å². The quantitative estimate of drug-likeness (QED) is 0.777. The number of pyridine rings is 1. The number of aryl methyl sites for hydroxylation is 2. The molecule has 3 aromatic rings. The second-order valence-corrected chi connectivity index (χ2v) is 5.28. The van der Waals surface area contributed by atoms with Crippen LogP contribution in [0.25, 0.3) is 10.9 Å². The maximum Gasteiger partial charge on any atom is 0.123 e. The fourth-order valence-corrected chi connectivity index (χ4v) is 2.67. The second-order valence-electron chi connectivity index (χ2n) is 5.28. The molecule has 3 nitrogen and oxygen atoms in total. The summed E-state index contributed by atoms with van der Waals surface area (Å²) in [6.07, 6.45) is 1.84. The Bertz CT molecular complexity index is 794. The van der Waals surface area contributed by atoms with E-state index in [0.717, 1.165) is 16.9 Å². The number of nitrogens with zero attached hydrogens (tertiary/aromatic N) is 2. The lowest BCUT2D eigenvalue weighted by atomic mass is 10.1. The maximum atomic E-state index is 12.9. The van der Waals surface area contributed by atoms with E-state index in [4.69, 9.17) is 0 Å². The van der Waals surface area contributed by atoms with Crippen molar-refractivity contribution in [1.82, 2.24) is 9.55 Å². The van der Waals surface area contributed by atoms with Crippen molar-refractivity contribution in [1.29, 1.82) is 0 Å². The Hall–Kier alpha value is -2.07. The molecule has 1 aromatic carbocycles. The lowest BCUT2D eigenvalue weighted by molar-refractivity contribution is 0.628. The molecule has 0 amide bonds. The van der Waals surface area contributed by atoms with Crippen LogP contribution in [0.5, 0.6) is 0 Å². The molecule has 5 heteroatoms. The summed E-state index contributed by atoms with van der Waals surface area (Å²) in [5.74, 6) is -0.227. The van der Waals surface area contributed by atoms with Gasteiger partial charge in [0.1, 0.15) is 5.82 Å². The van der Waals surface area contributed by atoms with E-state index in [0.29, 0.717) is 6.54 Å². The highest BCUT2D eigenvalue weighted by molar-refractivity contribution is 5.87. The smallest absolute Gasteiger partial charge is 0.123 e. The van der Waals surface area contributed by atoms with Gasteiger partial charge in [0.25, 0.3) is 0 Å². The van der Waals surface area contributed by atoms with Gasteiger partial charge in [-0.3, -0.25) is 4.98 Å². The van der Waals surface area contributed by atoms with Crippen LogP contribution in [0, 0.1) is 19.7 Å². The molecule has 0 aliphatic heterocycles. The first kappa shape index (κ1) is 16.3. The molecule has 1 N–H and O–H groups in total. The van der Waals surface area contributed by atoms with Gasteiger partial charge in [-0.25, -0.2) is 4.39 Å². The summed E-state index contributed by atoms with van der Waals surface area (Å²) >= 11 is 0. The Morgan fingerprint density at radius 2 is 1.82 bits per heavy atom. The van der Waals surface area contributed by atoms with Crippen molar-refractivity contribution in [2.24, 2.45) is 7.05 Å². The fraction of sp³-hybridized carbons (Fsp3) is 0.235. The van der Waals surface area contributed by atoms with Gasteiger partial charge in [-0.15, -0.1) is 12.4 Å². The van der Waals surface area contributed by atoms with Crippen molar-refractivity contribution in [3.05, 3.63) is 59.3 Å². The summed E-state index contributed by atoms with van der Waals surface area (Å²) in [6, 6.07) is 8.42. The molecule has 0 bridgehead atoms. The zero-order valence-corrected chi connectivity index (χ0v) is 13.7.